The molecule has 2 unspecified atom stereocenters. The second-order valence-electron chi connectivity index (χ2n) is 6.28. The van der Waals surface area contributed by atoms with E-state index in [9.17, 15) is 23.2 Å². The highest BCUT2D eigenvalue weighted by Crippen LogP contribution is 2.17. The molecule has 8 nitrogen and oxygen atoms in total. The quantitative estimate of drug-likeness (QED) is 0.778. The number of para-hydroxylation sites is 1. The number of halogens is 2. The molecule has 2 N–H and O–H groups in total. The summed E-state index contributed by atoms with van der Waals surface area (Å²) in [5.41, 5.74) is -0.521. The molecule has 1 saturated heterocycles. The molecule has 2 amide bonds. The van der Waals surface area contributed by atoms with Crippen LogP contribution in [0.4, 0.5) is 8.78 Å². The number of rotatable bonds is 5. The Balaban J connectivity index is 1.51. The van der Waals surface area contributed by atoms with Crippen LogP contribution in [0, 0.1) is 5.82 Å². The monoisotopic (exact) mass is 392 g/mol. The zero-order valence-corrected chi connectivity index (χ0v) is 14.7. The Morgan fingerprint density at radius 1 is 1.36 bits per heavy atom. The van der Waals surface area contributed by atoms with Crippen LogP contribution in [-0.2, 0) is 4.79 Å². The number of amides is 2. The third-order valence-corrected chi connectivity index (χ3v) is 4.33. The van der Waals surface area contributed by atoms with Crippen molar-refractivity contribution >= 4 is 11.8 Å². The van der Waals surface area contributed by atoms with Gasteiger partial charge in [0.05, 0.1) is 24.3 Å². The number of carbonyl (C=O) groups excluding carboxylic acids is 2. The number of nitrogens with zero attached hydrogens (tertiary/aromatic N) is 2. The fraction of sp³-hybridized carbons (Fsp3) is 0.333. The topological polar surface area (TPSA) is 104 Å². The zero-order chi connectivity index (χ0) is 20.1. The molecule has 0 radical (unpaired) electrons. The number of ether oxygens (including phenoxy) is 1. The van der Waals surface area contributed by atoms with Gasteiger partial charge in [-0.1, -0.05) is 12.1 Å². The van der Waals surface area contributed by atoms with Crippen LogP contribution in [0.15, 0.2) is 41.3 Å². The molecule has 1 fully saturated rings. The molecule has 0 saturated carbocycles. The van der Waals surface area contributed by atoms with E-state index < -0.39 is 42.0 Å². The molecule has 2 atom stereocenters. The van der Waals surface area contributed by atoms with Crippen molar-refractivity contribution in [1.82, 2.24) is 20.4 Å². The Labute approximate surface area is 158 Å². The van der Waals surface area contributed by atoms with Gasteiger partial charge in [-0.25, -0.2) is 13.9 Å². The van der Waals surface area contributed by atoms with E-state index in [-0.39, 0.29) is 30.8 Å². The van der Waals surface area contributed by atoms with Gasteiger partial charge in [-0.3, -0.25) is 14.4 Å². The zero-order valence-electron chi connectivity index (χ0n) is 14.7. The highest BCUT2D eigenvalue weighted by atomic mass is 19.1. The van der Waals surface area contributed by atoms with Gasteiger partial charge in [0.2, 0.25) is 0 Å². The van der Waals surface area contributed by atoms with Crippen molar-refractivity contribution in [1.29, 1.82) is 0 Å². The molecule has 1 aromatic heterocycles. The van der Waals surface area contributed by atoms with Crippen molar-refractivity contribution in [2.75, 3.05) is 19.7 Å². The molecular formula is C18H18F2N4O4. The predicted molar refractivity (Wildman–Crippen MR) is 94.1 cm³/mol. The molecule has 10 heteroatoms. The summed E-state index contributed by atoms with van der Waals surface area (Å²) in [6.07, 6.45) is -0.137. The Morgan fingerprint density at radius 3 is 2.86 bits per heavy atom. The van der Waals surface area contributed by atoms with Crippen LogP contribution >= 0.6 is 0 Å². The highest BCUT2D eigenvalue weighted by Gasteiger charge is 2.33. The second kappa shape index (κ2) is 8.59. The standard InChI is InChI=1S/C18H18F2N4O4/c19-12-3-1-2-4-15(12)28-10-17(26)24-6-5-14(13(20)9-24)22-18(27)11-7-16(25)23-21-8-11/h1-4,7-8,13-14H,5-6,9-10H2,(H,22,27)(H,23,25). The largest absolute Gasteiger partial charge is 0.481 e. The number of aromatic nitrogens is 2. The predicted octanol–water partition coefficient (Wildman–Crippen LogP) is 0.657. The smallest absolute Gasteiger partial charge is 0.264 e. The molecule has 3 rings (SSSR count). The van der Waals surface area contributed by atoms with E-state index in [1.165, 1.54) is 29.3 Å². The van der Waals surface area contributed by atoms with Crippen LogP contribution in [0.3, 0.4) is 0 Å². The minimum atomic E-state index is -1.50. The van der Waals surface area contributed by atoms with Gasteiger partial charge < -0.3 is 15.0 Å². The van der Waals surface area contributed by atoms with Crippen LogP contribution in [0.5, 0.6) is 5.75 Å². The molecule has 1 aromatic carbocycles. The van der Waals surface area contributed by atoms with Crippen LogP contribution in [0.2, 0.25) is 0 Å². The maximum Gasteiger partial charge on any atom is 0.264 e. The molecule has 1 aliphatic rings. The summed E-state index contributed by atoms with van der Waals surface area (Å²) in [4.78, 5) is 36.8. The summed E-state index contributed by atoms with van der Waals surface area (Å²) in [7, 11) is 0. The average Bonchev–Trinajstić information content (AvgIpc) is 2.68. The van der Waals surface area contributed by atoms with E-state index in [0.29, 0.717) is 0 Å². The normalized spacial score (nSPS) is 19.1. The third-order valence-electron chi connectivity index (χ3n) is 4.33. The number of nitrogens with one attached hydrogen (secondary N) is 2. The minimum absolute atomic E-state index is 0.0211. The summed E-state index contributed by atoms with van der Waals surface area (Å²) in [6.45, 7) is -0.431. The summed E-state index contributed by atoms with van der Waals surface area (Å²) >= 11 is 0. The van der Waals surface area contributed by atoms with Gasteiger partial charge in [-0.15, -0.1) is 0 Å². The van der Waals surface area contributed by atoms with Crippen LogP contribution in [0.25, 0.3) is 0 Å². The van der Waals surface area contributed by atoms with Gasteiger partial charge in [-0.2, -0.15) is 5.10 Å². The van der Waals surface area contributed by atoms with E-state index in [0.717, 1.165) is 6.07 Å². The van der Waals surface area contributed by atoms with Crippen molar-refractivity contribution in [2.45, 2.75) is 18.6 Å². The first-order valence-electron chi connectivity index (χ1n) is 8.59. The maximum atomic E-state index is 14.4. The van der Waals surface area contributed by atoms with Gasteiger partial charge in [0, 0.05) is 12.6 Å². The lowest BCUT2D eigenvalue weighted by atomic mass is 10.0. The first-order valence-corrected chi connectivity index (χ1v) is 8.59. The first-order chi connectivity index (χ1) is 13.4. The number of piperidine rings is 1. The Hall–Kier alpha value is -3.30. The fourth-order valence-corrected chi connectivity index (χ4v) is 2.84. The first kappa shape index (κ1) is 19.5. The van der Waals surface area contributed by atoms with Crippen molar-refractivity contribution in [3.63, 3.8) is 0 Å². The molecule has 0 spiro atoms. The number of hydrogen-bond donors (Lipinski definition) is 2. The van der Waals surface area contributed by atoms with E-state index in [4.69, 9.17) is 4.74 Å². The van der Waals surface area contributed by atoms with Crippen molar-refractivity contribution in [2.24, 2.45) is 0 Å². The molecule has 28 heavy (non-hydrogen) atoms. The van der Waals surface area contributed by atoms with E-state index in [1.54, 1.807) is 6.07 Å². The number of likely N-dealkylation sites (tertiary alicyclic amines) is 1. The lowest BCUT2D eigenvalue weighted by molar-refractivity contribution is -0.135. The van der Waals surface area contributed by atoms with E-state index >= 15 is 0 Å². The lowest BCUT2D eigenvalue weighted by Gasteiger charge is -2.35. The third kappa shape index (κ3) is 4.70. The van der Waals surface area contributed by atoms with Crippen molar-refractivity contribution < 1.29 is 23.1 Å². The number of aromatic amines is 1. The molecule has 0 bridgehead atoms. The molecule has 0 aliphatic carbocycles. The minimum Gasteiger partial charge on any atom is -0.481 e. The van der Waals surface area contributed by atoms with Crippen molar-refractivity contribution in [3.05, 3.63) is 58.3 Å². The van der Waals surface area contributed by atoms with Gasteiger partial charge in [0.1, 0.15) is 6.17 Å². The summed E-state index contributed by atoms with van der Waals surface area (Å²) in [5.74, 6) is -1.74. The van der Waals surface area contributed by atoms with Crippen LogP contribution < -0.4 is 15.6 Å². The Bertz CT molecular complexity index is 920. The fourth-order valence-electron chi connectivity index (χ4n) is 2.84. The Morgan fingerprint density at radius 2 is 2.14 bits per heavy atom. The van der Waals surface area contributed by atoms with Gasteiger partial charge in [-0.05, 0) is 18.6 Å². The molecule has 2 heterocycles. The summed E-state index contributed by atoms with van der Waals surface area (Å²) < 4.78 is 33.1. The van der Waals surface area contributed by atoms with Crippen LogP contribution in [0.1, 0.15) is 16.8 Å². The van der Waals surface area contributed by atoms with E-state index in [1.807, 2.05) is 0 Å². The summed E-state index contributed by atoms with van der Waals surface area (Å²) in [5, 5.41) is 8.18. The lowest BCUT2D eigenvalue weighted by Crippen LogP contribution is -2.54. The Kier molecular flexibility index (Phi) is 5.97. The van der Waals surface area contributed by atoms with E-state index in [2.05, 4.69) is 15.5 Å². The SMILES string of the molecule is O=C(NC1CCN(C(=O)COc2ccccc2F)CC1F)c1cn[nH]c(=O)c1. The number of alkyl halides is 1. The van der Waals surface area contributed by atoms with Crippen LogP contribution in [-0.4, -0.2) is 58.8 Å². The summed E-state index contributed by atoms with van der Waals surface area (Å²) in [6, 6.07) is 5.94. The highest BCUT2D eigenvalue weighted by molar-refractivity contribution is 5.94. The molecule has 2 aromatic rings. The van der Waals surface area contributed by atoms with Gasteiger partial charge in [0.15, 0.2) is 18.2 Å². The maximum absolute atomic E-state index is 14.4. The number of carbonyl (C=O) groups is 2. The van der Waals surface area contributed by atoms with Gasteiger partial charge >= 0.3 is 0 Å². The molecular weight excluding hydrogens is 374 g/mol. The number of hydrogen-bond acceptors (Lipinski definition) is 5. The molecule has 1 aliphatic heterocycles. The average molecular weight is 392 g/mol. The molecule has 148 valence electrons. The number of H-pyrrole nitrogens is 1. The van der Waals surface area contributed by atoms with Gasteiger partial charge in [0.25, 0.3) is 17.4 Å². The number of benzene rings is 1. The van der Waals surface area contributed by atoms with Crippen molar-refractivity contribution in [3.8, 4) is 5.75 Å². The second-order valence-corrected chi connectivity index (χ2v) is 6.28.